The van der Waals surface area contributed by atoms with Gasteiger partial charge in [-0.25, -0.2) is 0 Å². The van der Waals surface area contributed by atoms with Crippen molar-refractivity contribution in [3.8, 4) is 5.75 Å². The summed E-state index contributed by atoms with van der Waals surface area (Å²) in [6, 6.07) is 16.5. The molecule has 1 aromatic heterocycles. The van der Waals surface area contributed by atoms with E-state index in [-0.39, 0.29) is 18.5 Å². The fourth-order valence-corrected chi connectivity index (χ4v) is 4.07. The molecule has 0 radical (unpaired) electrons. The molecule has 0 spiro atoms. The minimum absolute atomic E-state index is 0.135. The summed E-state index contributed by atoms with van der Waals surface area (Å²) in [5.74, 6) is 0.114. The molecule has 2 aromatic carbocycles. The lowest BCUT2D eigenvalue weighted by Gasteiger charge is -2.30. The molecule has 1 aliphatic carbocycles. The molecule has 0 fully saturated rings. The molecule has 152 valence electrons. The van der Waals surface area contributed by atoms with Crippen molar-refractivity contribution in [3.05, 3.63) is 94.8 Å². The molecule has 2 amide bonds. The van der Waals surface area contributed by atoms with E-state index < -0.39 is 5.91 Å². The van der Waals surface area contributed by atoms with E-state index in [0.717, 1.165) is 29.7 Å². The summed E-state index contributed by atoms with van der Waals surface area (Å²) in [5, 5.41) is 0. The van der Waals surface area contributed by atoms with Crippen LogP contribution in [0.15, 0.2) is 67.0 Å². The maximum atomic E-state index is 13.5. The number of nitrogens with zero attached hydrogens (tertiary/aromatic N) is 2. The molecule has 1 atom stereocenters. The Bertz CT molecular complexity index is 1080. The standard InChI is InChI=1S/C24H23N3O3/c1-30-19-10-8-16-9-11-22(21(16)13-19)27(24(29)17-6-4-12-26-14-17)15-18-5-2-3-7-20(18)23(25)28/h2-8,10,12-14,22H,9,11,15H2,1H3,(H2,25,28)/t22-/m1/s1. The van der Waals surface area contributed by atoms with Crippen molar-refractivity contribution in [2.45, 2.75) is 25.4 Å². The van der Waals surface area contributed by atoms with E-state index in [1.807, 2.05) is 29.2 Å². The highest BCUT2D eigenvalue weighted by Crippen LogP contribution is 2.39. The van der Waals surface area contributed by atoms with Gasteiger partial charge in [0, 0.05) is 24.5 Å². The minimum Gasteiger partial charge on any atom is -0.497 e. The average Bonchev–Trinajstić information content (AvgIpc) is 3.20. The fourth-order valence-electron chi connectivity index (χ4n) is 4.07. The summed E-state index contributed by atoms with van der Waals surface area (Å²) in [4.78, 5) is 31.4. The van der Waals surface area contributed by atoms with E-state index in [2.05, 4.69) is 11.1 Å². The van der Waals surface area contributed by atoms with Gasteiger partial charge in [0.05, 0.1) is 18.7 Å². The van der Waals surface area contributed by atoms with E-state index in [4.69, 9.17) is 10.5 Å². The Balaban J connectivity index is 1.77. The first-order chi connectivity index (χ1) is 14.6. The molecule has 0 unspecified atom stereocenters. The van der Waals surface area contributed by atoms with Crippen molar-refractivity contribution in [3.63, 3.8) is 0 Å². The van der Waals surface area contributed by atoms with Gasteiger partial charge in [-0.15, -0.1) is 0 Å². The number of rotatable bonds is 6. The van der Waals surface area contributed by atoms with Crippen LogP contribution in [-0.4, -0.2) is 28.8 Å². The van der Waals surface area contributed by atoms with Crippen LogP contribution in [0.25, 0.3) is 0 Å². The van der Waals surface area contributed by atoms with E-state index in [9.17, 15) is 9.59 Å². The van der Waals surface area contributed by atoms with Crippen LogP contribution in [-0.2, 0) is 13.0 Å². The second-order valence-electron chi connectivity index (χ2n) is 7.32. The number of amides is 2. The Hall–Kier alpha value is -3.67. The molecule has 2 N–H and O–H groups in total. The van der Waals surface area contributed by atoms with Gasteiger partial charge in [-0.1, -0.05) is 24.3 Å². The van der Waals surface area contributed by atoms with Crippen LogP contribution >= 0.6 is 0 Å². The number of primary amides is 1. The number of hydrogen-bond donors (Lipinski definition) is 1. The largest absolute Gasteiger partial charge is 0.497 e. The summed E-state index contributed by atoms with van der Waals surface area (Å²) in [6.45, 7) is 0.272. The molecule has 1 heterocycles. The maximum Gasteiger partial charge on any atom is 0.256 e. The third-order valence-corrected chi connectivity index (χ3v) is 5.57. The van der Waals surface area contributed by atoms with Crippen LogP contribution in [0.2, 0.25) is 0 Å². The number of aryl methyl sites for hydroxylation is 1. The van der Waals surface area contributed by atoms with Gasteiger partial charge in [0.2, 0.25) is 5.91 Å². The quantitative estimate of drug-likeness (QED) is 0.685. The van der Waals surface area contributed by atoms with Gasteiger partial charge in [0.15, 0.2) is 0 Å². The third-order valence-electron chi connectivity index (χ3n) is 5.57. The van der Waals surface area contributed by atoms with Gasteiger partial charge in [-0.3, -0.25) is 14.6 Å². The number of pyridine rings is 1. The Kier molecular flexibility index (Phi) is 5.48. The molecular weight excluding hydrogens is 378 g/mol. The molecule has 0 saturated carbocycles. The van der Waals surface area contributed by atoms with E-state index in [1.54, 1.807) is 43.8 Å². The van der Waals surface area contributed by atoms with Gasteiger partial charge in [0.25, 0.3) is 5.91 Å². The molecule has 6 heteroatoms. The number of benzene rings is 2. The van der Waals surface area contributed by atoms with Gasteiger partial charge >= 0.3 is 0 Å². The molecule has 6 nitrogen and oxygen atoms in total. The predicted octanol–water partition coefficient (Wildman–Crippen LogP) is 3.52. The lowest BCUT2D eigenvalue weighted by Crippen LogP contribution is -2.34. The zero-order valence-corrected chi connectivity index (χ0v) is 16.7. The van der Waals surface area contributed by atoms with E-state index >= 15 is 0 Å². The lowest BCUT2D eigenvalue weighted by atomic mass is 10.0. The molecular formula is C24H23N3O3. The second kappa shape index (κ2) is 8.37. The Morgan fingerprint density at radius 3 is 2.73 bits per heavy atom. The summed E-state index contributed by atoms with van der Waals surface area (Å²) < 4.78 is 5.41. The first-order valence-corrected chi connectivity index (χ1v) is 9.84. The van der Waals surface area contributed by atoms with Crippen LogP contribution in [0.4, 0.5) is 0 Å². The highest BCUT2D eigenvalue weighted by atomic mass is 16.5. The molecule has 0 saturated heterocycles. The molecule has 0 aliphatic heterocycles. The highest BCUT2D eigenvalue weighted by Gasteiger charge is 2.32. The van der Waals surface area contributed by atoms with Crippen LogP contribution < -0.4 is 10.5 Å². The number of aromatic nitrogens is 1. The number of carbonyl (C=O) groups is 2. The topological polar surface area (TPSA) is 85.5 Å². The van der Waals surface area contributed by atoms with Crippen molar-refractivity contribution in [2.24, 2.45) is 5.73 Å². The van der Waals surface area contributed by atoms with Gasteiger partial charge in [-0.05, 0) is 59.9 Å². The Labute approximate surface area is 175 Å². The second-order valence-corrected chi connectivity index (χ2v) is 7.32. The van der Waals surface area contributed by atoms with Crippen LogP contribution in [0.5, 0.6) is 5.75 Å². The SMILES string of the molecule is COc1ccc2c(c1)[C@H](N(Cc1ccccc1C(N)=O)C(=O)c1cccnc1)CC2. The zero-order valence-electron chi connectivity index (χ0n) is 16.7. The van der Waals surface area contributed by atoms with Crippen molar-refractivity contribution in [1.82, 2.24) is 9.88 Å². The average molecular weight is 401 g/mol. The van der Waals surface area contributed by atoms with E-state index in [0.29, 0.717) is 11.1 Å². The Morgan fingerprint density at radius 2 is 2.00 bits per heavy atom. The number of carbonyl (C=O) groups excluding carboxylic acids is 2. The lowest BCUT2D eigenvalue weighted by molar-refractivity contribution is 0.0655. The Morgan fingerprint density at radius 1 is 1.17 bits per heavy atom. The molecule has 0 bridgehead atoms. The molecule has 3 aromatic rings. The normalized spacial score (nSPS) is 14.8. The predicted molar refractivity (Wildman–Crippen MR) is 113 cm³/mol. The summed E-state index contributed by atoms with van der Waals surface area (Å²) in [6.07, 6.45) is 4.88. The highest BCUT2D eigenvalue weighted by molar-refractivity contribution is 5.96. The number of methoxy groups -OCH3 is 1. The molecule has 4 rings (SSSR count). The van der Waals surface area contributed by atoms with Gasteiger partial charge in [-0.2, -0.15) is 0 Å². The van der Waals surface area contributed by atoms with Gasteiger partial charge < -0.3 is 15.4 Å². The van der Waals surface area contributed by atoms with Crippen molar-refractivity contribution in [1.29, 1.82) is 0 Å². The smallest absolute Gasteiger partial charge is 0.256 e. The van der Waals surface area contributed by atoms with Crippen molar-refractivity contribution < 1.29 is 14.3 Å². The van der Waals surface area contributed by atoms with Crippen molar-refractivity contribution in [2.75, 3.05) is 7.11 Å². The number of nitrogens with two attached hydrogens (primary N) is 1. The number of ether oxygens (including phenoxy) is 1. The number of fused-ring (bicyclic) bond motifs is 1. The van der Waals surface area contributed by atoms with Crippen LogP contribution in [0.1, 0.15) is 49.9 Å². The molecule has 30 heavy (non-hydrogen) atoms. The van der Waals surface area contributed by atoms with Crippen LogP contribution in [0.3, 0.4) is 0 Å². The molecule has 1 aliphatic rings. The summed E-state index contributed by atoms with van der Waals surface area (Å²) >= 11 is 0. The van der Waals surface area contributed by atoms with Crippen molar-refractivity contribution >= 4 is 11.8 Å². The first-order valence-electron chi connectivity index (χ1n) is 9.84. The minimum atomic E-state index is -0.507. The summed E-state index contributed by atoms with van der Waals surface area (Å²) in [5.41, 5.74) is 9.50. The van der Waals surface area contributed by atoms with E-state index in [1.165, 1.54) is 5.56 Å². The third kappa shape index (κ3) is 3.76. The number of hydrogen-bond acceptors (Lipinski definition) is 4. The van der Waals surface area contributed by atoms with Crippen LogP contribution in [0, 0.1) is 0 Å². The monoisotopic (exact) mass is 401 g/mol. The fraction of sp³-hybridized carbons (Fsp3) is 0.208. The summed E-state index contributed by atoms with van der Waals surface area (Å²) in [7, 11) is 1.63. The maximum absolute atomic E-state index is 13.5. The first kappa shape index (κ1) is 19.6. The zero-order chi connectivity index (χ0) is 21.1. The van der Waals surface area contributed by atoms with Gasteiger partial charge in [0.1, 0.15) is 5.75 Å².